The van der Waals surface area contributed by atoms with E-state index in [1.165, 1.54) is 6.26 Å². The molecule has 1 aliphatic rings. The minimum atomic E-state index is -0.465. The molecule has 0 aliphatic heterocycles. The number of aromatic nitrogens is 2. The molecule has 3 aromatic rings. The van der Waals surface area contributed by atoms with Gasteiger partial charge in [0.15, 0.2) is 11.6 Å². The van der Waals surface area contributed by atoms with Crippen molar-refractivity contribution in [1.82, 2.24) is 15.5 Å². The normalized spacial score (nSPS) is 15.3. The number of halogens is 1. The van der Waals surface area contributed by atoms with Gasteiger partial charge < -0.3 is 19.6 Å². The number of hydrogen-bond donors (Lipinski definition) is 2. The summed E-state index contributed by atoms with van der Waals surface area (Å²) in [7, 11) is 0. The van der Waals surface area contributed by atoms with Crippen molar-refractivity contribution in [3.05, 3.63) is 47.7 Å². The van der Waals surface area contributed by atoms with Crippen molar-refractivity contribution in [3.8, 4) is 5.75 Å². The summed E-state index contributed by atoms with van der Waals surface area (Å²) in [5.74, 6) is -0.283. The van der Waals surface area contributed by atoms with Gasteiger partial charge in [0.05, 0.1) is 12.1 Å². The summed E-state index contributed by atoms with van der Waals surface area (Å²) in [6.45, 7) is 2.42. The Morgan fingerprint density at radius 3 is 3.00 bits per heavy atom. The third kappa shape index (κ3) is 3.09. The predicted molar refractivity (Wildman–Crippen MR) is 88.3 cm³/mol. The molecule has 4 rings (SSSR count). The minimum Gasteiger partial charge on any atom is -0.484 e. The first kappa shape index (κ1) is 15.7. The molecule has 0 unspecified atom stereocenters. The van der Waals surface area contributed by atoms with Crippen molar-refractivity contribution in [1.29, 1.82) is 0 Å². The summed E-state index contributed by atoms with van der Waals surface area (Å²) < 4.78 is 24.8. The van der Waals surface area contributed by atoms with Crippen molar-refractivity contribution in [2.75, 3.05) is 0 Å². The van der Waals surface area contributed by atoms with Crippen LogP contribution in [0.2, 0.25) is 0 Å². The van der Waals surface area contributed by atoms with Crippen LogP contribution in [0.4, 0.5) is 4.39 Å². The van der Waals surface area contributed by atoms with Gasteiger partial charge in [-0.25, -0.2) is 4.39 Å². The van der Waals surface area contributed by atoms with Gasteiger partial charge in [-0.2, -0.15) is 0 Å². The average molecular weight is 343 g/mol. The zero-order valence-electron chi connectivity index (χ0n) is 13.8. The largest absolute Gasteiger partial charge is 0.484 e. The van der Waals surface area contributed by atoms with Gasteiger partial charge in [-0.05, 0) is 31.0 Å². The molecule has 0 saturated heterocycles. The number of nitrogens with zero attached hydrogens (tertiary/aromatic N) is 1. The molecule has 7 heteroatoms. The number of hydrogen-bond acceptors (Lipinski definition) is 4. The highest BCUT2D eigenvalue weighted by atomic mass is 19.1. The van der Waals surface area contributed by atoms with Crippen LogP contribution in [-0.2, 0) is 17.9 Å². The highest BCUT2D eigenvalue weighted by molar-refractivity contribution is 5.85. The molecule has 1 saturated carbocycles. The van der Waals surface area contributed by atoms with Gasteiger partial charge in [0, 0.05) is 22.6 Å². The van der Waals surface area contributed by atoms with Crippen LogP contribution in [0.15, 0.2) is 35.1 Å². The summed E-state index contributed by atoms with van der Waals surface area (Å²) in [5, 5.41) is 7.35. The monoisotopic (exact) mass is 343 g/mol. The van der Waals surface area contributed by atoms with E-state index in [0.717, 1.165) is 23.9 Å². The molecule has 25 heavy (non-hydrogen) atoms. The first-order valence-electron chi connectivity index (χ1n) is 8.16. The Morgan fingerprint density at radius 2 is 2.28 bits per heavy atom. The zero-order chi connectivity index (χ0) is 17.4. The smallest absolute Gasteiger partial charge is 0.226 e. The Labute approximate surface area is 143 Å². The Bertz CT molecular complexity index is 913. The first-order chi connectivity index (χ1) is 12.0. The van der Waals surface area contributed by atoms with Crippen molar-refractivity contribution < 1.29 is 18.4 Å². The minimum absolute atomic E-state index is 0.0447. The number of rotatable bonds is 6. The van der Waals surface area contributed by atoms with Crippen LogP contribution in [0, 0.1) is 11.2 Å². The number of ether oxygens (including phenoxy) is 1. The molecule has 0 atom stereocenters. The lowest BCUT2D eigenvalue weighted by Crippen LogP contribution is -2.29. The summed E-state index contributed by atoms with van der Waals surface area (Å²) >= 11 is 0. The first-order valence-corrected chi connectivity index (χ1v) is 8.16. The second kappa shape index (κ2) is 5.91. The maximum atomic E-state index is 14.6. The van der Waals surface area contributed by atoms with Gasteiger partial charge in [0.25, 0.3) is 0 Å². The predicted octanol–water partition coefficient (Wildman–Crippen LogP) is 3.29. The Kier molecular flexibility index (Phi) is 3.71. The fourth-order valence-electron chi connectivity index (χ4n) is 2.68. The van der Waals surface area contributed by atoms with E-state index in [1.54, 1.807) is 18.2 Å². The van der Waals surface area contributed by atoms with Gasteiger partial charge in [0.2, 0.25) is 5.91 Å². The quantitative estimate of drug-likeness (QED) is 0.720. The highest BCUT2D eigenvalue weighted by Gasteiger charge is 2.44. The number of amides is 1. The van der Waals surface area contributed by atoms with Crippen molar-refractivity contribution in [3.63, 3.8) is 0 Å². The molecule has 1 amide bonds. The van der Waals surface area contributed by atoms with Crippen LogP contribution < -0.4 is 10.1 Å². The molecule has 1 aliphatic carbocycles. The van der Waals surface area contributed by atoms with Crippen LogP contribution >= 0.6 is 0 Å². The molecule has 0 spiro atoms. The van der Waals surface area contributed by atoms with Gasteiger partial charge in [-0.1, -0.05) is 12.1 Å². The number of carbonyl (C=O) groups is 1. The lowest BCUT2D eigenvalue weighted by molar-refractivity contribution is -0.125. The lowest BCUT2D eigenvalue weighted by Gasteiger charge is -2.08. The summed E-state index contributed by atoms with van der Waals surface area (Å²) in [6.07, 6.45) is 3.28. The number of carbonyl (C=O) groups excluding carboxylic acids is 1. The van der Waals surface area contributed by atoms with Gasteiger partial charge in [-0.15, -0.1) is 0 Å². The van der Waals surface area contributed by atoms with E-state index in [9.17, 15) is 9.18 Å². The topological polar surface area (TPSA) is 80.2 Å². The summed E-state index contributed by atoms with van der Waals surface area (Å²) in [5.41, 5.74) is 1.47. The molecule has 0 radical (unpaired) electrons. The zero-order valence-corrected chi connectivity index (χ0v) is 13.8. The van der Waals surface area contributed by atoms with Crippen LogP contribution in [0.25, 0.3) is 10.9 Å². The molecule has 2 heterocycles. The Balaban J connectivity index is 1.48. The summed E-state index contributed by atoms with van der Waals surface area (Å²) in [6, 6.07) is 6.85. The highest BCUT2D eigenvalue weighted by Crippen LogP contribution is 2.45. The van der Waals surface area contributed by atoms with E-state index < -0.39 is 5.82 Å². The molecule has 1 fully saturated rings. The molecular weight excluding hydrogens is 325 g/mol. The molecule has 2 aromatic heterocycles. The number of nitrogens with one attached hydrogen (secondary N) is 2. The maximum absolute atomic E-state index is 14.6. The lowest BCUT2D eigenvalue weighted by atomic mass is 10.1. The van der Waals surface area contributed by atoms with E-state index in [4.69, 9.17) is 9.26 Å². The van der Waals surface area contributed by atoms with Crippen LogP contribution in [0.1, 0.15) is 31.2 Å². The molecule has 6 nitrogen and oxygen atoms in total. The summed E-state index contributed by atoms with van der Waals surface area (Å²) in [4.78, 5) is 15.0. The van der Waals surface area contributed by atoms with E-state index >= 15 is 0 Å². The average Bonchev–Trinajstić information content (AvgIpc) is 3.04. The van der Waals surface area contributed by atoms with Crippen molar-refractivity contribution in [2.24, 2.45) is 5.41 Å². The number of aromatic amines is 1. The van der Waals surface area contributed by atoms with E-state index in [2.05, 4.69) is 15.5 Å². The van der Waals surface area contributed by atoms with Gasteiger partial charge >= 0.3 is 0 Å². The number of H-pyrrole nitrogens is 1. The number of fused-ring (bicyclic) bond motifs is 1. The van der Waals surface area contributed by atoms with Gasteiger partial charge in [-0.3, -0.25) is 4.79 Å². The van der Waals surface area contributed by atoms with Crippen LogP contribution in [0.3, 0.4) is 0 Å². The van der Waals surface area contributed by atoms with E-state index in [-0.39, 0.29) is 23.7 Å². The standard InChI is InChI=1S/C18H18FN3O3/c1-18(5-6-18)17(23)20-9-13-8-11-2-3-14(15(19)16(11)21-13)24-10-12-4-7-25-22-12/h2-4,7-8,21H,5-6,9-10H2,1H3,(H,20,23). The molecule has 1 aromatic carbocycles. The molecule has 0 bridgehead atoms. The Morgan fingerprint density at radius 1 is 1.44 bits per heavy atom. The second-order valence-electron chi connectivity index (χ2n) is 6.66. The Hall–Kier alpha value is -2.83. The second-order valence-corrected chi connectivity index (χ2v) is 6.66. The third-order valence-electron chi connectivity index (χ3n) is 4.61. The molecule has 130 valence electrons. The van der Waals surface area contributed by atoms with Gasteiger partial charge in [0.1, 0.15) is 18.6 Å². The van der Waals surface area contributed by atoms with Crippen molar-refractivity contribution >= 4 is 16.8 Å². The fraction of sp³-hybridized carbons (Fsp3) is 0.333. The van der Waals surface area contributed by atoms with E-state index in [0.29, 0.717) is 17.8 Å². The fourth-order valence-corrected chi connectivity index (χ4v) is 2.68. The van der Waals surface area contributed by atoms with E-state index in [1.807, 2.05) is 13.0 Å². The molecular formula is C18H18FN3O3. The molecule has 2 N–H and O–H groups in total. The number of benzene rings is 1. The third-order valence-corrected chi connectivity index (χ3v) is 4.61. The SMILES string of the molecule is CC1(C(=O)NCc2cc3ccc(OCc4ccon4)c(F)c3[nH]2)CC1. The van der Waals surface area contributed by atoms with Crippen LogP contribution in [0.5, 0.6) is 5.75 Å². The maximum Gasteiger partial charge on any atom is 0.226 e. The van der Waals surface area contributed by atoms with Crippen LogP contribution in [-0.4, -0.2) is 16.0 Å². The van der Waals surface area contributed by atoms with Crippen molar-refractivity contribution in [2.45, 2.75) is 32.9 Å².